The number of fused-ring (bicyclic) bond motifs is 3. The number of aliphatic carboxylic acids is 2. The lowest BCUT2D eigenvalue weighted by Gasteiger charge is -2.32. The molecule has 1 aliphatic carbocycles. The van der Waals surface area contributed by atoms with E-state index in [-0.39, 0.29) is 75.8 Å². The smallest absolute Gasteiger partial charge is 0.407 e. The number of hydrogen-bond donors (Lipinski definition) is 13. The molecule has 490 valence electrons. The third-order valence-corrected chi connectivity index (χ3v) is 16.3. The third kappa shape index (κ3) is 19.1. The first-order valence-electron chi connectivity index (χ1n) is 30.5. The molecular formula is C65H81N13O14. The van der Waals surface area contributed by atoms with Gasteiger partial charge < -0.3 is 78.6 Å². The lowest BCUT2D eigenvalue weighted by molar-refractivity contribution is -0.145. The van der Waals surface area contributed by atoms with Crippen LogP contribution in [0.2, 0.25) is 0 Å². The molecule has 27 nitrogen and oxygen atoms in total. The number of ether oxygens (including phenoxy) is 1. The number of imidazole rings is 1. The zero-order chi connectivity index (χ0) is 66.6. The van der Waals surface area contributed by atoms with Crippen molar-refractivity contribution in [1.82, 2.24) is 52.1 Å². The molecule has 4 aromatic carbocycles. The number of H-pyrrole nitrogens is 1. The van der Waals surface area contributed by atoms with Gasteiger partial charge in [0.2, 0.25) is 41.4 Å². The van der Waals surface area contributed by atoms with E-state index < -0.39 is 126 Å². The van der Waals surface area contributed by atoms with Crippen molar-refractivity contribution in [2.75, 3.05) is 19.7 Å². The Balaban J connectivity index is 1.07. The number of carboxylic acids is 2. The lowest BCUT2D eigenvalue weighted by Crippen LogP contribution is -2.62. The molecule has 15 N–H and O–H groups in total. The molecular weight excluding hydrogens is 1190 g/mol. The molecule has 0 radical (unpaired) electrons. The van der Waals surface area contributed by atoms with Crippen molar-refractivity contribution in [2.45, 2.75) is 140 Å². The number of amides is 8. The van der Waals surface area contributed by atoms with E-state index in [1.165, 1.54) is 41.7 Å². The van der Waals surface area contributed by atoms with Crippen molar-refractivity contribution in [3.05, 3.63) is 144 Å². The van der Waals surface area contributed by atoms with Crippen LogP contribution in [0.1, 0.15) is 100 Å². The number of alkyl carbamates (subject to hydrolysis) is 1. The van der Waals surface area contributed by atoms with E-state index in [1.54, 1.807) is 58.0 Å². The number of likely N-dealkylation sites (tertiary alicyclic amines) is 1. The highest BCUT2D eigenvalue weighted by atomic mass is 16.5. The molecule has 1 aromatic heterocycles. The molecule has 27 heteroatoms. The molecule has 0 saturated carbocycles. The van der Waals surface area contributed by atoms with Crippen LogP contribution in [0, 0.1) is 11.8 Å². The first-order chi connectivity index (χ1) is 44.0. The number of carbonyl (C=O) groups excluding carboxylic acids is 8. The van der Waals surface area contributed by atoms with Crippen LogP contribution < -0.4 is 48.7 Å². The van der Waals surface area contributed by atoms with E-state index in [0.717, 1.165) is 22.3 Å². The number of aromatic amines is 1. The van der Waals surface area contributed by atoms with E-state index >= 15 is 0 Å². The zero-order valence-electron chi connectivity index (χ0n) is 51.6. The summed E-state index contributed by atoms with van der Waals surface area (Å²) < 4.78 is 5.61. The monoisotopic (exact) mass is 1270 g/mol. The normalized spacial score (nSPS) is 15.9. The number of rotatable bonds is 32. The average molecular weight is 1270 g/mol. The van der Waals surface area contributed by atoms with Crippen LogP contribution in [0.5, 0.6) is 5.75 Å². The summed E-state index contributed by atoms with van der Waals surface area (Å²) in [5, 5.41) is 48.5. The van der Waals surface area contributed by atoms with E-state index in [0.29, 0.717) is 29.7 Å². The fraction of sp³-hybridized carbons (Fsp3) is 0.415. The SMILES string of the molecule is CC[C@H](C)[C@H](NC(=O)[C@H](Cc1ccc(O)cc1)NC(=O)[C@@H](NC(=O)[C@H](CCCN=C(N)N)NC(=O)C(CC(=O)O)NC(=O)OCC1c2ccccc2-c2ccccc21)C(C)C)C(=O)N[C@@H](Cc1cnc[nH]1)C(=O)N1CCC[C@H]1C(=O)N[C@@H](Cc1ccccc1)C(=O)O. The largest absolute Gasteiger partial charge is 0.508 e. The van der Waals surface area contributed by atoms with Crippen molar-refractivity contribution >= 4 is 65.3 Å². The van der Waals surface area contributed by atoms with Gasteiger partial charge in [-0.05, 0) is 83.0 Å². The topological polar surface area (TPSA) is 421 Å². The van der Waals surface area contributed by atoms with E-state index in [1.807, 2.05) is 48.5 Å². The Morgan fingerprint density at radius 3 is 1.85 bits per heavy atom. The summed E-state index contributed by atoms with van der Waals surface area (Å²) in [6.45, 7) is 6.61. The Morgan fingerprint density at radius 1 is 0.663 bits per heavy atom. The number of benzene rings is 4. The molecule has 2 heterocycles. The van der Waals surface area contributed by atoms with Gasteiger partial charge in [0, 0.05) is 50.2 Å². The van der Waals surface area contributed by atoms with Crippen LogP contribution >= 0.6 is 0 Å². The highest BCUT2D eigenvalue weighted by Gasteiger charge is 2.42. The number of aliphatic imine (C=N–C) groups is 1. The highest BCUT2D eigenvalue weighted by Crippen LogP contribution is 2.44. The summed E-state index contributed by atoms with van der Waals surface area (Å²) in [5.41, 5.74) is 16.4. The molecule has 1 fully saturated rings. The Labute approximate surface area is 531 Å². The number of carbonyl (C=O) groups is 10. The Kier molecular flexibility index (Phi) is 24.8. The number of phenols is 1. The summed E-state index contributed by atoms with van der Waals surface area (Å²) in [6, 6.07) is 18.5. The molecule has 9 atom stereocenters. The summed E-state index contributed by atoms with van der Waals surface area (Å²) in [7, 11) is 0. The zero-order valence-corrected chi connectivity index (χ0v) is 51.6. The van der Waals surface area contributed by atoms with Gasteiger partial charge in [0.1, 0.15) is 60.7 Å². The van der Waals surface area contributed by atoms with E-state index in [9.17, 15) is 63.3 Å². The van der Waals surface area contributed by atoms with Gasteiger partial charge in [-0.25, -0.2) is 14.6 Å². The number of nitrogens with one attached hydrogen (secondary N) is 8. The second-order valence-corrected chi connectivity index (χ2v) is 23.3. The fourth-order valence-corrected chi connectivity index (χ4v) is 11.2. The van der Waals surface area contributed by atoms with Gasteiger partial charge in [-0.3, -0.25) is 43.3 Å². The molecule has 7 rings (SSSR count). The van der Waals surface area contributed by atoms with Crippen LogP contribution in [0.15, 0.2) is 121 Å². The van der Waals surface area contributed by atoms with Crippen LogP contribution in [0.25, 0.3) is 11.1 Å². The molecule has 5 aromatic rings. The fourth-order valence-electron chi connectivity index (χ4n) is 11.2. The predicted octanol–water partition coefficient (Wildman–Crippen LogP) is 2.27. The van der Waals surface area contributed by atoms with Crippen molar-refractivity contribution in [3.63, 3.8) is 0 Å². The molecule has 0 spiro atoms. The number of phenolic OH excluding ortho intramolecular Hbond substituents is 1. The number of carboxylic acid groups (broad SMARTS) is 2. The summed E-state index contributed by atoms with van der Waals surface area (Å²) in [4.78, 5) is 152. The second-order valence-electron chi connectivity index (χ2n) is 23.3. The lowest BCUT2D eigenvalue weighted by atomic mass is 9.96. The molecule has 1 aliphatic heterocycles. The molecule has 92 heavy (non-hydrogen) atoms. The van der Waals surface area contributed by atoms with Crippen LogP contribution in [0.4, 0.5) is 4.79 Å². The van der Waals surface area contributed by atoms with Crippen molar-refractivity contribution in [1.29, 1.82) is 0 Å². The predicted molar refractivity (Wildman–Crippen MR) is 337 cm³/mol. The number of hydrogen-bond acceptors (Lipinski definition) is 14. The van der Waals surface area contributed by atoms with Gasteiger partial charge in [0.25, 0.3) is 0 Å². The minimum atomic E-state index is -1.76. The highest BCUT2D eigenvalue weighted by molar-refractivity contribution is 5.99. The average Bonchev–Trinajstić information content (AvgIpc) is 1.69. The maximum absolute atomic E-state index is 14.8. The first-order valence-corrected chi connectivity index (χ1v) is 30.5. The molecule has 1 saturated heterocycles. The standard InChI is InChI=1S/C65H81N13O14/c1-5-37(4)55(61(87)73-50(31-40-33-68-35-70-40)62(88)78-28-14-22-52(78)59(85)74-51(63(89)90)30-38-15-7-6-8-16-38)77-58(84)48(29-39-23-25-41(79)26-24-39)72-60(86)54(36(2)3)76-56(82)47(21-13-27-69-64(66)67)71-57(83)49(32-53(80)81)75-65(91)92-34-46-44-19-11-9-17-42(44)43-18-10-12-20-45(43)46/h6-12,15-20,23-26,33,35-37,46-52,54-55,79H,5,13-14,21-22,27-32,34H2,1-4H3,(H,68,70)(H,71,83)(H,72,86)(H,73,87)(H,74,85)(H,75,91)(H,76,82)(H,77,84)(H,80,81)(H,89,90)(H4,66,67,69)/t37-,47-,48-,49?,50-,51-,52-,54-,55-/m0/s1. The van der Waals surface area contributed by atoms with Crippen molar-refractivity contribution in [3.8, 4) is 16.9 Å². The quantitative estimate of drug-likeness (QED) is 0.0167. The summed E-state index contributed by atoms with van der Waals surface area (Å²) in [5.74, 6) is -10.7. The minimum absolute atomic E-state index is 0.0123. The van der Waals surface area contributed by atoms with Crippen molar-refractivity contribution < 1.29 is 68.0 Å². The van der Waals surface area contributed by atoms with E-state index in [4.69, 9.17) is 16.2 Å². The van der Waals surface area contributed by atoms with Gasteiger partial charge >= 0.3 is 18.0 Å². The number of guanidine groups is 1. The van der Waals surface area contributed by atoms with Crippen LogP contribution in [-0.4, -0.2) is 164 Å². The number of nitrogens with zero attached hydrogens (tertiary/aromatic N) is 3. The van der Waals surface area contributed by atoms with Crippen LogP contribution in [0.3, 0.4) is 0 Å². The minimum Gasteiger partial charge on any atom is -0.508 e. The number of aromatic hydroxyl groups is 1. The van der Waals surface area contributed by atoms with Gasteiger partial charge in [-0.15, -0.1) is 0 Å². The molecule has 0 bridgehead atoms. The Hall–Kier alpha value is -10.3. The van der Waals surface area contributed by atoms with Gasteiger partial charge in [-0.1, -0.05) is 125 Å². The molecule has 1 unspecified atom stereocenters. The molecule has 2 aliphatic rings. The number of nitrogens with two attached hydrogens (primary N) is 2. The maximum Gasteiger partial charge on any atom is 0.407 e. The van der Waals surface area contributed by atoms with Gasteiger partial charge in [-0.2, -0.15) is 0 Å². The first kappa shape index (κ1) is 69.1. The second kappa shape index (κ2) is 32.9. The Bertz CT molecular complexity index is 3390. The van der Waals surface area contributed by atoms with Crippen LogP contribution in [-0.2, 0) is 67.2 Å². The number of aromatic nitrogens is 2. The summed E-state index contributed by atoms with van der Waals surface area (Å²) in [6.07, 6.45) is 1.28. The van der Waals surface area contributed by atoms with Crippen molar-refractivity contribution in [2.24, 2.45) is 28.3 Å². The summed E-state index contributed by atoms with van der Waals surface area (Å²) >= 11 is 0. The van der Waals surface area contributed by atoms with Gasteiger partial charge in [0.05, 0.1) is 12.7 Å². The third-order valence-electron chi connectivity index (χ3n) is 16.3. The molecule has 8 amide bonds. The maximum atomic E-state index is 14.8. The van der Waals surface area contributed by atoms with E-state index in [2.05, 4.69) is 52.2 Å². The Morgan fingerprint density at radius 2 is 1.24 bits per heavy atom. The van der Waals surface area contributed by atoms with Gasteiger partial charge in [0.15, 0.2) is 5.96 Å².